The smallest absolute Gasteiger partial charge is 0.243 e. The van der Waals surface area contributed by atoms with Crippen LogP contribution in [0.2, 0.25) is 0 Å². The van der Waals surface area contributed by atoms with Gasteiger partial charge in [-0.1, -0.05) is 72.8 Å². The largest absolute Gasteiger partial charge is 0.245 e. The summed E-state index contributed by atoms with van der Waals surface area (Å²) < 4.78 is 41.7. The molecule has 1 saturated heterocycles. The second kappa shape index (κ2) is 7.25. The van der Waals surface area contributed by atoms with Crippen LogP contribution in [0.5, 0.6) is 0 Å². The molecule has 0 spiro atoms. The van der Waals surface area contributed by atoms with Crippen LogP contribution in [0.1, 0.15) is 11.5 Å². The van der Waals surface area contributed by atoms with Crippen molar-refractivity contribution in [3.05, 3.63) is 90.5 Å². The first-order chi connectivity index (χ1) is 13.1. The van der Waals surface area contributed by atoms with Crippen molar-refractivity contribution in [1.82, 2.24) is 4.31 Å². The Balaban J connectivity index is 1.57. The van der Waals surface area contributed by atoms with Crippen molar-refractivity contribution >= 4 is 10.0 Å². The molecule has 0 amide bonds. The lowest BCUT2D eigenvalue weighted by molar-refractivity contribution is 0.322. The van der Waals surface area contributed by atoms with Gasteiger partial charge in [0, 0.05) is 19.0 Å². The second-order valence-corrected chi connectivity index (χ2v) is 8.68. The number of sulfonamides is 1. The molecule has 1 fully saturated rings. The normalized spacial score (nSPS) is 20.6. The summed E-state index contributed by atoms with van der Waals surface area (Å²) in [5, 5.41) is 0. The van der Waals surface area contributed by atoms with Crippen molar-refractivity contribution in [3.63, 3.8) is 0 Å². The van der Waals surface area contributed by atoms with Crippen LogP contribution < -0.4 is 0 Å². The molecule has 138 valence electrons. The fourth-order valence-corrected chi connectivity index (χ4v) is 5.01. The number of halogens is 1. The topological polar surface area (TPSA) is 37.4 Å². The van der Waals surface area contributed by atoms with Gasteiger partial charge in [-0.3, -0.25) is 0 Å². The highest BCUT2D eigenvalue weighted by Gasteiger charge is 2.40. The molecule has 3 aromatic rings. The second-order valence-electron chi connectivity index (χ2n) is 6.75. The molecule has 0 saturated carbocycles. The first kappa shape index (κ1) is 17.9. The van der Waals surface area contributed by atoms with Crippen molar-refractivity contribution in [3.8, 4) is 11.1 Å². The molecule has 1 heterocycles. The summed E-state index contributed by atoms with van der Waals surface area (Å²) in [5.41, 5.74) is 2.80. The van der Waals surface area contributed by atoms with Crippen LogP contribution in [0.25, 0.3) is 11.1 Å². The molecule has 5 heteroatoms. The van der Waals surface area contributed by atoms with Crippen LogP contribution in [0.3, 0.4) is 0 Å². The first-order valence-electron chi connectivity index (χ1n) is 8.90. The molecule has 2 atom stereocenters. The highest BCUT2D eigenvalue weighted by Crippen LogP contribution is 2.33. The van der Waals surface area contributed by atoms with Crippen LogP contribution in [0.4, 0.5) is 4.39 Å². The molecule has 3 nitrogen and oxygen atoms in total. The number of benzene rings is 3. The fraction of sp³-hybridized carbons (Fsp3) is 0.182. The maximum absolute atomic E-state index is 14.5. The van der Waals surface area contributed by atoms with Gasteiger partial charge in [-0.2, -0.15) is 4.31 Å². The molecule has 0 aliphatic carbocycles. The monoisotopic (exact) mass is 381 g/mol. The third kappa shape index (κ3) is 3.53. The molecule has 1 aliphatic rings. The number of nitrogens with zero attached hydrogens (tertiary/aromatic N) is 1. The zero-order valence-electron chi connectivity index (χ0n) is 14.7. The molecule has 0 bridgehead atoms. The zero-order valence-corrected chi connectivity index (χ0v) is 15.5. The zero-order chi connectivity index (χ0) is 18.9. The van der Waals surface area contributed by atoms with Crippen molar-refractivity contribution in [2.24, 2.45) is 0 Å². The summed E-state index contributed by atoms with van der Waals surface area (Å²) in [4.78, 5) is 0.197. The van der Waals surface area contributed by atoms with Gasteiger partial charge in [0.1, 0.15) is 6.17 Å². The lowest BCUT2D eigenvalue weighted by Crippen LogP contribution is -2.29. The Bertz CT molecular complexity index is 1010. The van der Waals surface area contributed by atoms with Crippen molar-refractivity contribution in [2.75, 3.05) is 13.1 Å². The van der Waals surface area contributed by atoms with E-state index in [4.69, 9.17) is 0 Å². The van der Waals surface area contributed by atoms with E-state index in [-0.39, 0.29) is 18.0 Å². The number of hydrogen-bond acceptors (Lipinski definition) is 2. The molecular weight excluding hydrogens is 361 g/mol. The molecule has 4 rings (SSSR count). The van der Waals surface area contributed by atoms with Gasteiger partial charge < -0.3 is 0 Å². The SMILES string of the molecule is O=S(=O)(c1ccc(-c2ccccc2)cc1)N1C[C@@H](F)[C@H](c2ccccc2)C1. The van der Waals surface area contributed by atoms with E-state index in [1.165, 1.54) is 4.31 Å². The Morgan fingerprint density at radius 1 is 0.741 bits per heavy atom. The van der Waals surface area contributed by atoms with E-state index in [2.05, 4.69) is 0 Å². The van der Waals surface area contributed by atoms with Gasteiger partial charge >= 0.3 is 0 Å². The van der Waals surface area contributed by atoms with E-state index < -0.39 is 22.1 Å². The van der Waals surface area contributed by atoms with Crippen LogP contribution in [-0.4, -0.2) is 32.0 Å². The van der Waals surface area contributed by atoms with Crippen LogP contribution in [-0.2, 0) is 10.0 Å². The average molecular weight is 381 g/mol. The molecule has 0 unspecified atom stereocenters. The van der Waals surface area contributed by atoms with E-state index in [1.807, 2.05) is 60.7 Å². The minimum Gasteiger partial charge on any atom is -0.245 e. The van der Waals surface area contributed by atoms with E-state index >= 15 is 0 Å². The number of alkyl halides is 1. The Kier molecular flexibility index (Phi) is 4.81. The predicted octanol–water partition coefficient (Wildman–Crippen LogP) is 4.48. The Hall–Kier alpha value is -2.50. The van der Waals surface area contributed by atoms with Gasteiger partial charge in [0.15, 0.2) is 0 Å². The third-order valence-electron chi connectivity index (χ3n) is 5.04. The van der Waals surface area contributed by atoms with Gasteiger partial charge in [-0.05, 0) is 28.8 Å². The molecule has 0 radical (unpaired) electrons. The predicted molar refractivity (Wildman–Crippen MR) is 105 cm³/mol. The highest BCUT2D eigenvalue weighted by atomic mass is 32.2. The van der Waals surface area contributed by atoms with E-state index in [0.29, 0.717) is 0 Å². The number of hydrogen-bond donors (Lipinski definition) is 0. The van der Waals surface area contributed by atoms with Crippen molar-refractivity contribution in [2.45, 2.75) is 17.0 Å². The summed E-state index contributed by atoms with van der Waals surface area (Å²) in [6.45, 7) is 0.0519. The molecule has 27 heavy (non-hydrogen) atoms. The van der Waals surface area contributed by atoms with Crippen LogP contribution >= 0.6 is 0 Å². The quantitative estimate of drug-likeness (QED) is 0.668. The average Bonchev–Trinajstić information content (AvgIpc) is 3.12. The molecule has 0 N–H and O–H groups in total. The van der Waals surface area contributed by atoms with Gasteiger partial charge in [-0.25, -0.2) is 12.8 Å². The van der Waals surface area contributed by atoms with E-state index in [1.54, 1.807) is 24.3 Å². The minimum absolute atomic E-state index is 0.109. The molecular formula is C22H20FNO2S. The standard InChI is InChI=1S/C22H20FNO2S/c23-22-16-24(15-21(22)19-9-5-2-6-10-19)27(25,26)20-13-11-18(12-14-20)17-7-3-1-4-8-17/h1-14,21-22H,15-16H2/t21-,22+/m0/s1. The fourth-order valence-electron chi connectivity index (χ4n) is 3.54. The van der Waals surface area contributed by atoms with E-state index in [9.17, 15) is 12.8 Å². The molecule has 3 aromatic carbocycles. The summed E-state index contributed by atoms with van der Waals surface area (Å²) in [6.07, 6.45) is -1.20. The first-order valence-corrected chi connectivity index (χ1v) is 10.3. The summed E-state index contributed by atoms with van der Waals surface area (Å²) in [5.74, 6) is -0.426. The Labute approximate surface area is 159 Å². The third-order valence-corrected chi connectivity index (χ3v) is 6.89. The van der Waals surface area contributed by atoms with Crippen LogP contribution in [0, 0.1) is 0 Å². The van der Waals surface area contributed by atoms with Gasteiger partial charge in [0.05, 0.1) is 4.90 Å². The van der Waals surface area contributed by atoms with E-state index in [0.717, 1.165) is 16.7 Å². The maximum atomic E-state index is 14.5. The van der Waals surface area contributed by atoms with Crippen molar-refractivity contribution < 1.29 is 12.8 Å². The lowest BCUT2D eigenvalue weighted by Gasteiger charge is -2.16. The summed E-state index contributed by atoms with van der Waals surface area (Å²) in [6, 6.07) is 25.8. The maximum Gasteiger partial charge on any atom is 0.243 e. The van der Waals surface area contributed by atoms with Crippen molar-refractivity contribution in [1.29, 1.82) is 0 Å². The highest BCUT2D eigenvalue weighted by molar-refractivity contribution is 7.89. The molecule has 0 aromatic heterocycles. The Morgan fingerprint density at radius 2 is 1.30 bits per heavy atom. The van der Waals surface area contributed by atoms with Gasteiger partial charge in [0.25, 0.3) is 0 Å². The van der Waals surface area contributed by atoms with Crippen LogP contribution in [0.15, 0.2) is 89.8 Å². The minimum atomic E-state index is -3.72. The summed E-state index contributed by atoms with van der Waals surface area (Å²) in [7, 11) is -3.72. The Morgan fingerprint density at radius 3 is 1.93 bits per heavy atom. The molecule has 1 aliphatic heterocycles. The lowest BCUT2D eigenvalue weighted by atomic mass is 9.97. The number of rotatable bonds is 4. The summed E-state index contributed by atoms with van der Waals surface area (Å²) >= 11 is 0. The van der Waals surface area contributed by atoms with Gasteiger partial charge in [0.2, 0.25) is 10.0 Å². The van der Waals surface area contributed by atoms with Gasteiger partial charge in [-0.15, -0.1) is 0 Å².